The normalized spacial score (nSPS) is 25.6. The zero-order chi connectivity index (χ0) is 15.1. The van der Waals surface area contributed by atoms with Crippen molar-refractivity contribution in [1.29, 1.82) is 0 Å². The number of aliphatic carboxylic acids is 1. The van der Waals surface area contributed by atoms with E-state index in [1.807, 2.05) is 0 Å². The van der Waals surface area contributed by atoms with Gasteiger partial charge in [0.15, 0.2) is 0 Å². The van der Waals surface area contributed by atoms with Gasteiger partial charge in [-0.2, -0.15) is 0 Å². The Morgan fingerprint density at radius 1 is 1.25 bits per heavy atom. The molecule has 0 heterocycles. The number of carboxylic acid groups (broad SMARTS) is 1. The van der Waals surface area contributed by atoms with Crippen molar-refractivity contribution in [2.24, 2.45) is 17.8 Å². The van der Waals surface area contributed by atoms with Gasteiger partial charge < -0.3 is 14.6 Å². The van der Waals surface area contributed by atoms with Gasteiger partial charge in [0, 0.05) is 6.92 Å². The molecule has 0 radical (unpaired) electrons. The quantitative estimate of drug-likeness (QED) is 0.585. The zero-order valence-corrected chi connectivity index (χ0v) is 11.5. The number of carboxylic acids is 1. The first-order valence-electron chi connectivity index (χ1n) is 6.59. The fraction of sp³-hybridized carbons (Fsp3) is 0.643. The molecular formula is C14H20O6. The minimum absolute atomic E-state index is 0.0246. The van der Waals surface area contributed by atoms with Crippen molar-refractivity contribution in [2.75, 3.05) is 13.2 Å². The summed E-state index contributed by atoms with van der Waals surface area (Å²) in [5.41, 5.74) is 0. The summed E-state index contributed by atoms with van der Waals surface area (Å²) in [6, 6.07) is 0. The first kappa shape index (κ1) is 16.2. The third-order valence-corrected chi connectivity index (χ3v) is 3.44. The number of esters is 2. The molecule has 0 spiro atoms. The van der Waals surface area contributed by atoms with E-state index in [0.29, 0.717) is 19.3 Å². The molecule has 20 heavy (non-hydrogen) atoms. The number of rotatable bonds is 6. The maximum Gasteiger partial charge on any atom is 0.310 e. The first-order valence-corrected chi connectivity index (χ1v) is 6.59. The number of carbonyl (C=O) groups is 3. The van der Waals surface area contributed by atoms with Crippen LogP contribution in [0.25, 0.3) is 0 Å². The summed E-state index contributed by atoms with van der Waals surface area (Å²) in [6.07, 6.45) is 2.83. The average Bonchev–Trinajstić information content (AvgIpc) is 2.42. The van der Waals surface area contributed by atoms with E-state index in [1.165, 1.54) is 13.0 Å². The Labute approximate surface area is 117 Å². The number of carbonyl (C=O) groups excluding carboxylic acids is 2. The van der Waals surface area contributed by atoms with Crippen LogP contribution in [0.4, 0.5) is 0 Å². The molecule has 0 aromatic rings. The number of hydrogen-bond acceptors (Lipinski definition) is 5. The van der Waals surface area contributed by atoms with Crippen molar-refractivity contribution in [3.63, 3.8) is 0 Å². The van der Waals surface area contributed by atoms with Crippen LogP contribution < -0.4 is 0 Å². The van der Waals surface area contributed by atoms with E-state index in [9.17, 15) is 19.5 Å². The second kappa shape index (κ2) is 7.67. The van der Waals surface area contributed by atoms with Crippen molar-refractivity contribution >= 4 is 17.9 Å². The van der Waals surface area contributed by atoms with Gasteiger partial charge in [-0.1, -0.05) is 12.7 Å². The molecule has 0 saturated heterocycles. The van der Waals surface area contributed by atoms with E-state index >= 15 is 0 Å². The lowest BCUT2D eigenvalue weighted by Crippen LogP contribution is -2.37. The molecule has 6 nitrogen and oxygen atoms in total. The predicted molar refractivity (Wildman–Crippen MR) is 69.7 cm³/mol. The second-order valence-electron chi connectivity index (χ2n) is 4.95. The molecule has 3 unspecified atom stereocenters. The highest BCUT2D eigenvalue weighted by atomic mass is 16.5. The Bertz CT molecular complexity index is 389. The van der Waals surface area contributed by atoms with Gasteiger partial charge in [0.05, 0.1) is 18.4 Å². The van der Waals surface area contributed by atoms with Gasteiger partial charge in [0.2, 0.25) is 0 Å². The van der Waals surface area contributed by atoms with Crippen molar-refractivity contribution in [3.8, 4) is 0 Å². The highest BCUT2D eigenvalue weighted by molar-refractivity contribution is 5.81. The molecule has 112 valence electrons. The van der Waals surface area contributed by atoms with Gasteiger partial charge in [0.1, 0.15) is 6.61 Å². The van der Waals surface area contributed by atoms with Crippen LogP contribution in [0.5, 0.6) is 0 Å². The van der Waals surface area contributed by atoms with Crippen LogP contribution in [0.3, 0.4) is 0 Å². The monoisotopic (exact) mass is 284 g/mol. The van der Waals surface area contributed by atoms with Gasteiger partial charge in [-0.15, -0.1) is 0 Å². The Hall–Kier alpha value is -1.85. The molecule has 0 aromatic carbocycles. The van der Waals surface area contributed by atoms with Crippen LogP contribution in [0.2, 0.25) is 0 Å². The average molecular weight is 284 g/mol. The molecule has 0 amide bonds. The van der Waals surface area contributed by atoms with E-state index in [4.69, 9.17) is 9.47 Å². The molecule has 0 aromatic heterocycles. The summed E-state index contributed by atoms with van der Waals surface area (Å²) >= 11 is 0. The summed E-state index contributed by atoms with van der Waals surface area (Å²) in [5, 5.41) is 9.24. The van der Waals surface area contributed by atoms with Gasteiger partial charge in [-0.3, -0.25) is 14.4 Å². The van der Waals surface area contributed by atoms with Gasteiger partial charge >= 0.3 is 17.9 Å². The second-order valence-corrected chi connectivity index (χ2v) is 4.95. The molecule has 1 N–H and O–H groups in total. The topological polar surface area (TPSA) is 89.9 Å². The molecule has 0 aliphatic heterocycles. The van der Waals surface area contributed by atoms with E-state index in [1.54, 1.807) is 0 Å². The van der Waals surface area contributed by atoms with Crippen molar-refractivity contribution < 1.29 is 29.0 Å². The van der Waals surface area contributed by atoms with Gasteiger partial charge in [0.25, 0.3) is 0 Å². The minimum Gasteiger partial charge on any atom is -0.481 e. The largest absolute Gasteiger partial charge is 0.481 e. The highest BCUT2D eigenvalue weighted by Crippen LogP contribution is 2.35. The lowest BCUT2D eigenvalue weighted by atomic mass is 9.74. The fourth-order valence-electron chi connectivity index (χ4n) is 2.45. The Kier molecular flexibility index (Phi) is 6.21. The number of ether oxygens (including phenoxy) is 2. The molecule has 0 bridgehead atoms. The molecular weight excluding hydrogens is 264 g/mol. The number of hydrogen-bond donors (Lipinski definition) is 1. The van der Waals surface area contributed by atoms with Gasteiger partial charge in [-0.05, 0) is 25.2 Å². The standard InChI is InChI=1S/C14H20O6/c1-3-6-19-14(18)11-5-4-10(8-20-9(2)15)7-12(11)13(16)17/h3,10-12H,1,4-8H2,2H3,(H,16,17). The van der Waals surface area contributed by atoms with E-state index in [0.717, 1.165) is 0 Å². The highest BCUT2D eigenvalue weighted by Gasteiger charge is 2.40. The van der Waals surface area contributed by atoms with E-state index in [-0.39, 0.29) is 25.1 Å². The minimum atomic E-state index is -1.02. The fourth-order valence-corrected chi connectivity index (χ4v) is 2.45. The lowest BCUT2D eigenvalue weighted by Gasteiger charge is -2.31. The molecule has 1 fully saturated rings. The van der Waals surface area contributed by atoms with Crippen LogP contribution >= 0.6 is 0 Å². The van der Waals surface area contributed by atoms with Gasteiger partial charge in [-0.25, -0.2) is 0 Å². The van der Waals surface area contributed by atoms with Crippen LogP contribution in [0, 0.1) is 17.8 Å². The summed E-state index contributed by atoms with van der Waals surface area (Å²) in [6.45, 7) is 5.04. The van der Waals surface area contributed by atoms with Crippen molar-refractivity contribution in [3.05, 3.63) is 12.7 Å². The van der Waals surface area contributed by atoms with Crippen LogP contribution in [-0.2, 0) is 23.9 Å². The Morgan fingerprint density at radius 2 is 1.95 bits per heavy atom. The summed E-state index contributed by atoms with van der Waals surface area (Å²) < 4.78 is 9.85. The summed E-state index contributed by atoms with van der Waals surface area (Å²) in [7, 11) is 0. The third kappa shape index (κ3) is 4.68. The summed E-state index contributed by atoms with van der Waals surface area (Å²) in [5.74, 6) is -3.35. The Morgan fingerprint density at radius 3 is 2.50 bits per heavy atom. The first-order chi connectivity index (χ1) is 9.45. The third-order valence-electron chi connectivity index (χ3n) is 3.44. The SMILES string of the molecule is C=CCOC(=O)C1CCC(COC(C)=O)CC1C(=O)O. The van der Waals surface area contributed by atoms with Crippen LogP contribution in [0.1, 0.15) is 26.2 Å². The summed E-state index contributed by atoms with van der Waals surface area (Å²) in [4.78, 5) is 33.9. The molecule has 1 rings (SSSR count). The maximum atomic E-state index is 11.8. The Balaban J connectivity index is 2.61. The lowest BCUT2D eigenvalue weighted by molar-refractivity contribution is -0.161. The van der Waals surface area contributed by atoms with E-state index in [2.05, 4.69) is 6.58 Å². The smallest absolute Gasteiger partial charge is 0.310 e. The van der Waals surface area contributed by atoms with Crippen molar-refractivity contribution in [1.82, 2.24) is 0 Å². The van der Waals surface area contributed by atoms with Crippen LogP contribution in [-0.4, -0.2) is 36.2 Å². The molecule has 1 saturated carbocycles. The van der Waals surface area contributed by atoms with E-state index < -0.39 is 23.8 Å². The zero-order valence-electron chi connectivity index (χ0n) is 11.5. The molecule has 3 atom stereocenters. The molecule has 1 aliphatic rings. The van der Waals surface area contributed by atoms with Crippen molar-refractivity contribution in [2.45, 2.75) is 26.2 Å². The van der Waals surface area contributed by atoms with Crippen LogP contribution in [0.15, 0.2) is 12.7 Å². The molecule has 1 aliphatic carbocycles. The predicted octanol–water partition coefficient (Wildman–Crippen LogP) is 1.40. The molecule has 6 heteroatoms. The maximum absolute atomic E-state index is 11.8.